The number of hydrogen-bond donors (Lipinski definition) is 1. The van der Waals surface area contributed by atoms with Crippen LogP contribution in [0.5, 0.6) is 0 Å². The van der Waals surface area contributed by atoms with Crippen LogP contribution in [0.1, 0.15) is 103 Å². The van der Waals surface area contributed by atoms with Crippen molar-refractivity contribution in [3.8, 4) is 0 Å². The van der Waals surface area contributed by atoms with Crippen molar-refractivity contribution in [2.75, 3.05) is 6.54 Å². The van der Waals surface area contributed by atoms with E-state index >= 15 is 0 Å². The molecule has 0 saturated heterocycles. The largest absolute Gasteiger partial charge is 0.330 e. The van der Waals surface area contributed by atoms with E-state index in [0.717, 1.165) is 25.7 Å². The molecule has 0 spiro atoms. The average Bonchev–Trinajstić information content (AvgIpc) is 3.22. The van der Waals surface area contributed by atoms with Crippen LogP contribution in [0.2, 0.25) is 0 Å². The Morgan fingerprint density at radius 3 is 2.40 bits per heavy atom. The Balaban J connectivity index is 2.10. The molecule has 1 unspecified atom stereocenters. The van der Waals surface area contributed by atoms with Crippen LogP contribution in [0.4, 0.5) is 0 Å². The molecule has 1 aliphatic carbocycles. The Morgan fingerprint density at radius 1 is 1.07 bits per heavy atom. The van der Waals surface area contributed by atoms with E-state index in [2.05, 4.69) is 45.0 Å². The molecule has 0 radical (unpaired) electrons. The molecule has 1 aromatic carbocycles. The third kappa shape index (κ3) is 7.04. The van der Waals surface area contributed by atoms with Crippen molar-refractivity contribution in [3.05, 3.63) is 35.4 Å². The minimum atomic E-state index is -0.0111. The summed E-state index contributed by atoms with van der Waals surface area (Å²) in [5.74, 6) is 0.839. The van der Waals surface area contributed by atoms with E-state index in [4.69, 9.17) is 5.73 Å². The first-order chi connectivity index (χ1) is 14.2. The van der Waals surface area contributed by atoms with Gasteiger partial charge in [-0.1, -0.05) is 64.8 Å². The first kappa shape index (κ1) is 24.8. The highest BCUT2D eigenvalue weighted by Crippen LogP contribution is 2.45. The van der Waals surface area contributed by atoms with Gasteiger partial charge in [0.15, 0.2) is 0 Å². The zero-order chi connectivity index (χ0) is 22.2. The molecular formula is C27H43NO2. The van der Waals surface area contributed by atoms with Crippen LogP contribution in [0.3, 0.4) is 0 Å². The molecular weight excluding hydrogens is 370 g/mol. The highest BCUT2D eigenvalue weighted by atomic mass is 16.1. The van der Waals surface area contributed by atoms with Crippen LogP contribution in [-0.4, -0.2) is 18.1 Å². The van der Waals surface area contributed by atoms with Crippen LogP contribution < -0.4 is 5.73 Å². The molecule has 2 N–H and O–H groups in total. The first-order valence-electron chi connectivity index (χ1n) is 12.0. The van der Waals surface area contributed by atoms with E-state index in [9.17, 15) is 9.59 Å². The standard InChI is InChI=1S/C27H43NO2/c1-5-9-24(29)19-25(30)20-27(4,22-11-6-7-12-22)15-14-21-10-8-13-23(18-21)26(2,3)16-17-28/h8,10,13,18,22H,5-7,9,11-12,14-17,19-20,28H2,1-4H3. The van der Waals surface area contributed by atoms with E-state index in [1.807, 2.05) is 6.92 Å². The van der Waals surface area contributed by atoms with Gasteiger partial charge in [-0.2, -0.15) is 0 Å². The summed E-state index contributed by atoms with van der Waals surface area (Å²) in [4.78, 5) is 24.7. The maximum absolute atomic E-state index is 12.7. The van der Waals surface area contributed by atoms with E-state index in [-0.39, 0.29) is 28.8 Å². The van der Waals surface area contributed by atoms with Crippen molar-refractivity contribution in [2.24, 2.45) is 17.1 Å². The van der Waals surface area contributed by atoms with Crippen LogP contribution >= 0.6 is 0 Å². The second kappa shape index (κ2) is 11.2. The maximum atomic E-state index is 12.7. The van der Waals surface area contributed by atoms with E-state index in [1.54, 1.807) is 0 Å². The van der Waals surface area contributed by atoms with Gasteiger partial charge in [-0.05, 0) is 72.9 Å². The van der Waals surface area contributed by atoms with Gasteiger partial charge in [-0.15, -0.1) is 0 Å². The predicted octanol–water partition coefficient (Wildman–Crippen LogP) is 6.16. The summed E-state index contributed by atoms with van der Waals surface area (Å²) in [6, 6.07) is 8.91. The molecule has 1 aromatic rings. The van der Waals surface area contributed by atoms with Gasteiger partial charge in [0.1, 0.15) is 11.6 Å². The second-order valence-electron chi connectivity index (χ2n) is 10.4. The van der Waals surface area contributed by atoms with Crippen molar-refractivity contribution < 1.29 is 9.59 Å². The van der Waals surface area contributed by atoms with Gasteiger partial charge in [0.25, 0.3) is 0 Å². The molecule has 2 rings (SSSR count). The number of rotatable bonds is 13. The molecule has 0 amide bonds. The van der Waals surface area contributed by atoms with E-state index in [1.165, 1.54) is 36.8 Å². The zero-order valence-corrected chi connectivity index (χ0v) is 19.8. The zero-order valence-electron chi connectivity index (χ0n) is 19.8. The SMILES string of the molecule is CCCC(=O)CC(=O)CC(C)(CCc1cccc(C(C)(C)CCN)c1)C1CCCC1. The molecule has 3 heteroatoms. The van der Waals surface area contributed by atoms with Crippen molar-refractivity contribution in [3.63, 3.8) is 0 Å². The molecule has 168 valence electrons. The lowest BCUT2D eigenvalue weighted by Crippen LogP contribution is -2.30. The summed E-state index contributed by atoms with van der Waals surface area (Å²) in [7, 11) is 0. The summed E-state index contributed by atoms with van der Waals surface area (Å²) in [6.07, 6.45) is 9.95. The number of carbonyl (C=O) groups excluding carboxylic acids is 2. The van der Waals surface area contributed by atoms with Gasteiger partial charge in [-0.25, -0.2) is 0 Å². The lowest BCUT2D eigenvalue weighted by molar-refractivity contribution is -0.128. The van der Waals surface area contributed by atoms with E-state index in [0.29, 0.717) is 25.3 Å². The fourth-order valence-electron chi connectivity index (χ4n) is 5.24. The molecule has 0 aromatic heterocycles. The quantitative estimate of drug-likeness (QED) is 0.394. The minimum Gasteiger partial charge on any atom is -0.330 e. The number of Topliss-reactive ketones (excluding diaryl/α,β-unsaturated/α-hetero) is 2. The average molecular weight is 414 g/mol. The Morgan fingerprint density at radius 2 is 1.77 bits per heavy atom. The smallest absolute Gasteiger partial charge is 0.140 e. The van der Waals surface area contributed by atoms with Gasteiger partial charge >= 0.3 is 0 Å². The number of carbonyl (C=O) groups is 2. The lowest BCUT2D eigenvalue weighted by Gasteiger charge is -2.36. The minimum absolute atomic E-state index is 0.0111. The fourth-order valence-corrected chi connectivity index (χ4v) is 5.24. The third-order valence-corrected chi connectivity index (χ3v) is 7.33. The monoisotopic (exact) mass is 413 g/mol. The first-order valence-corrected chi connectivity index (χ1v) is 12.0. The van der Waals surface area contributed by atoms with Crippen molar-refractivity contribution in [1.82, 2.24) is 0 Å². The van der Waals surface area contributed by atoms with Crippen LogP contribution in [0, 0.1) is 11.3 Å². The molecule has 0 heterocycles. The summed E-state index contributed by atoms with van der Waals surface area (Å²) in [5, 5.41) is 0. The number of benzene rings is 1. The van der Waals surface area contributed by atoms with Gasteiger partial charge in [0, 0.05) is 12.8 Å². The molecule has 0 aliphatic heterocycles. The molecule has 1 atom stereocenters. The van der Waals surface area contributed by atoms with Gasteiger partial charge < -0.3 is 5.73 Å². The Labute approximate surface area is 184 Å². The highest BCUT2D eigenvalue weighted by Gasteiger charge is 2.37. The summed E-state index contributed by atoms with van der Waals surface area (Å²) in [6.45, 7) is 9.50. The Kier molecular flexibility index (Phi) is 9.28. The number of aryl methyl sites for hydroxylation is 1. The number of hydrogen-bond acceptors (Lipinski definition) is 3. The lowest BCUT2D eigenvalue weighted by atomic mass is 9.68. The topological polar surface area (TPSA) is 60.2 Å². The maximum Gasteiger partial charge on any atom is 0.140 e. The second-order valence-corrected chi connectivity index (χ2v) is 10.4. The molecule has 1 saturated carbocycles. The fraction of sp³-hybridized carbons (Fsp3) is 0.704. The van der Waals surface area contributed by atoms with Crippen molar-refractivity contribution >= 4 is 11.6 Å². The molecule has 3 nitrogen and oxygen atoms in total. The number of nitrogens with two attached hydrogens (primary N) is 1. The van der Waals surface area contributed by atoms with Gasteiger partial charge in [-0.3, -0.25) is 9.59 Å². The van der Waals surface area contributed by atoms with Crippen LogP contribution in [0.15, 0.2) is 24.3 Å². The number of ketones is 2. The van der Waals surface area contributed by atoms with Gasteiger partial charge in [0.2, 0.25) is 0 Å². The highest BCUT2D eigenvalue weighted by molar-refractivity contribution is 5.99. The molecule has 30 heavy (non-hydrogen) atoms. The van der Waals surface area contributed by atoms with Crippen molar-refractivity contribution in [1.29, 1.82) is 0 Å². The van der Waals surface area contributed by atoms with Crippen LogP contribution in [-0.2, 0) is 21.4 Å². The summed E-state index contributed by atoms with van der Waals surface area (Å²) >= 11 is 0. The van der Waals surface area contributed by atoms with Crippen LogP contribution in [0.25, 0.3) is 0 Å². The summed E-state index contributed by atoms with van der Waals surface area (Å²) < 4.78 is 0. The molecule has 1 fully saturated rings. The Hall–Kier alpha value is -1.48. The van der Waals surface area contributed by atoms with Crippen molar-refractivity contribution in [2.45, 2.75) is 104 Å². The Bertz CT molecular complexity index is 703. The normalized spacial score (nSPS) is 17.1. The summed E-state index contributed by atoms with van der Waals surface area (Å²) in [5.41, 5.74) is 8.57. The van der Waals surface area contributed by atoms with E-state index < -0.39 is 0 Å². The van der Waals surface area contributed by atoms with Gasteiger partial charge in [0.05, 0.1) is 6.42 Å². The third-order valence-electron chi connectivity index (χ3n) is 7.33. The molecule has 1 aliphatic rings. The molecule has 0 bridgehead atoms. The predicted molar refractivity (Wildman–Crippen MR) is 126 cm³/mol.